The van der Waals surface area contributed by atoms with Gasteiger partial charge in [0.15, 0.2) is 11.6 Å². The van der Waals surface area contributed by atoms with Crippen molar-refractivity contribution >= 4 is 11.7 Å². The van der Waals surface area contributed by atoms with Crippen molar-refractivity contribution < 1.29 is 13.6 Å². The van der Waals surface area contributed by atoms with Gasteiger partial charge in [-0.15, -0.1) is 10.2 Å². The number of hydrogen-bond acceptors (Lipinski definition) is 6. The molecule has 0 spiro atoms. The Morgan fingerprint density at radius 2 is 1.85 bits per heavy atom. The summed E-state index contributed by atoms with van der Waals surface area (Å²) in [6.45, 7) is 1.59. The molecule has 0 bridgehead atoms. The molecule has 0 radical (unpaired) electrons. The molecule has 27 heavy (non-hydrogen) atoms. The first-order valence-corrected chi connectivity index (χ1v) is 9.12. The van der Waals surface area contributed by atoms with E-state index >= 15 is 0 Å². The van der Waals surface area contributed by atoms with Gasteiger partial charge < -0.3 is 9.80 Å². The Kier molecular flexibility index (Phi) is 4.71. The van der Waals surface area contributed by atoms with Crippen LogP contribution in [0.3, 0.4) is 0 Å². The predicted molar refractivity (Wildman–Crippen MR) is 92.6 cm³/mol. The van der Waals surface area contributed by atoms with E-state index in [1.165, 1.54) is 11.0 Å². The lowest BCUT2D eigenvalue weighted by Gasteiger charge is -2.38. The molecule has 0 aliphatic carbocycles. The number of piperidine rings is 2. The number of carbonyl (C=O) groups excluding carboxylic acids is 1. The van der Waals surface area contributed by atoms with Crippen molar-refractivity contribution in [3.05, 3.63) is 24.8 Å². The fourth-order valence-corrected chi connectivity index (χ4v) is 3.63. The van der Waals surface area contributed by atoms with Gasteiger partial charge in [0.1, 0.15) is 12.7 Å². The van der Waals surface area contributed by atoms with E-state index in [9.17, 15) is 13.6 Å². The number of halogens is 2. The number of carbonyl (C=O) groups is 1. The van der Waals surface area contributed by atoms with Crippen molar-refractivity contribution in [2.24, 2.45) is 5.92 Å². The highest BCUT2D eigenvalue weighted by Gasteiger charge is 2.38. The summed E-state index contributed by atoms with van der Waals surface area (Å²) in [5, 5.41) is 12.4. The standard InChI is InChI=1S/C17H21F2N7O/c18-17(19)5-8-24(9-6-17)16(27)13-2-1-7-25(10-13)14-3-4-15(23-22-14)26-12-20-11-21-26/h3-4,11-13H,1-2,5-10H2. The fourth-order valence-electron chi connectivity index (χ4n) is 3.63. The molecule has 0 saturated carbocycles. The second-order valence-electron chi connectivity index (χ2n) is 7.06. The van der Waals surface area contributed by atoms with Gasteiger partial charge in [-0.3, -0.25) is 4.79 Å². The predicted octanol–water partition coefficient (Wildman–Crippen LogP) is 1.53. The van der Waals surface area contributed by atoms with E-state index < -0.39 is 5.92 Å². The highest BCUT2D eigenvalue weighted by Crippen LogP contribution is 2.30. The molecule has 144 valence electrons. The topological polar surface area (TPSA) is 80.0 Å². The van der Waals surface area contributed by atoms with Crippen molar-refractivity contribution in [2.75, 3.05) is 31.1 Å². The lowest BCUT2D eigenvalue weighted by Crippen LogP contribution is -2.49. The summed E-state index contributed by atoms with van der Waals surface area (Å²) in [4.78, 5) is 20.2. The molecular weight excluding hydrogens is 356 g/mol. The van der Waals surface area contributed by atoms with Crippen LogP contribution in [0.15, 0.2) is 24.8 Å². The molecule has 2 saturated heterocycles. The smallest absolute Gasteiger partial charge is 0.251 e. The van der Waals surface area contributed by atoms with E-state index in [1.807, 2.05) is 11.0 Å². The summed E-state index contributed by atoms with van der Waals surface area (Å²) >= 11 is 0. The van der Waals surface area contributed by atoms with Crippen LogP contribution in [0.25, 0.3) is 5.82 Å². The number of hydrogen-bond donors (Lipinski definition) is 0. The van der Waals surface area contributed by atoms with Crippen LogP contribution in [-0.2, 0) is 4.79 Å². The third-order valence-corrected chi connectivity index (χ3v) is 5.19. The maximum Gasteiger partial charge on any atom is 0.251 e. The van der Waals surface area contributed by atoms with Crippen LogP contribution in [0.4, 0.5) is 14.6 Å². The first-order valence-electron chi connectivity index (χ1n) is 9.12. The lowest BCUT2D eigenvalue weighted by atomic mass is 9.95. The van der Waals surface area contributed by atoms with Crippen LogP contribution in [-0.4, -0.2) is 67.9 Å². The molecule has 0 aromatic carbocycles. The summed E-state index contributed by atoms with van der Waals surface area (Å²) in [5.74, 6) is -1.60. The monoisotopic (exact) mass is 377 g/mol. The Bertz CT molecular complexity index is 771. The van der Waals surface area contributed by atoms with Gasteiger partial charge in [-0.2, -0.15) is 5.10 Å². The Morgan fingerprint density at radius 1 is 1.11 bits per heavy atom. The molecule has 1 atom stereocenters. The third-order valence-electron chi connectivity index (χ3n) is 5.19. The van der Waals surface area contributed by atoms with Gasteiger partial charge >= 0.3 is 0 Å². The van der Waals surface area contributed by atoms with E-state index in [0.29, 0.717) is 18.2 Å². The highest BCUT2D eigenvalue weighted by molar-refractivity contribution is 5.79. The van der Waals surface area contributed by atoms with E-state index in [1.54, 1.807) is 17.3 Å². The molecule has 2 aliphatic heterocycles. The van der Waals surface area contributed by atoms with E-state index in [-0.39, 0.29) is 37.8 Å². The van der Waals surface area contributed by atoms with E-state index in [2.05, 4.69) is 20.3 Å². The average Bonchev–Trinajstić information content (AvgIpc) is 3.23. The van der Waals surface area contributed by atoms with Gasteiger partial charge in [0, 0.05) is 39.0 Å². The fraction of sp³-hybridized carbons (Fsp3) is 0.588. The zero-order valence-corrected chi connectivity index (χ0v) is 14.8. The SMILES string of the molecule is O=C(C1CCCN(c2ccc(-n3cncn3)nn2)C1)N1CCC(F)(F)CC1. The minimum atomic E-state index is -2.64. The maximum absolute atomic E-state index is 13.3. The molecule has 8 nitrogen and oxygen atoms in total. The Balaban J connectivity index is 1.40. The average molecular weight is 377 g/mol. The van der Waals surface area contributed by atoms with Crippen LogP contribution < -0.4 is 4.90 Å². The Hall–Kier alpha value is -2.65. The summed E-state index contributed by atoms with van der Waals surface area (Å²) in [7, 11) is 0. The van der Waals surface area contributed by atoms with Crippen LogP contribution in [0.2, 0.25) is 0 Å². The molecule has 1 amide bonds. The van der Waals surface area contributed by atoms with Crippen molar-refractivity contribution in [3.8, 4) is 5.82 Å². The summed E-state index contributed by atoms with van der Waals surface area (Å²) in [5.41, 5.74) is 0. The molecule has 2 aliphatic rings. The zero-order chi connectivity index (χ0) is 18.9. The number of alkyl halides is 2. The second-order valence-corrected chi connectivity index (χ2v) is 7.06. The summed E-state index contributed by atoms with van der Waals surface area (Å²) in [6.07, 6.45) is 4.10. The van der Waals surface area contributed by atoms with Crippen molar-refractivity contribution in [1.82, 2.24) is 29.9 Å². The van der Waals surface area contributed by atoms with Crippen LogP contribution in [0.1, 0.15) is 25.7 Å². The molecule has 2 aromatic heterocycles. The number of anilines is 1. The van der Waals surface area contributed by atoms with Gasteiger partial charge in [0.25, 0.3) is 5.92 Å². The molecular formula is C17H21F2N7O. The minimum absolute atomic E-state index is 0.0256. The van der Waals surface area contributed by atoms with Crippen LogP contribution >= 0.6 is 0 Å². The number of amides is 1. The molecule has 2 aromatic rings. The van der Waals surface area contributed by atoms with Gasteiger partial charge in [-0.1, -0.05) is 0 Å². The first kappa shape index (κ1) is 17.7. The van der Waals surface area contributed by atoms with Gasteiger partial charge in [0.2, 0.25) is 5.91 Å². The molecule has 2 fully saturated rings. The zero-order valence-electron chi connectivity index (χ0n) is 14.8. The van der Waals surface area contributed by atoms with Crippen LogP contribution in [0.5, 0.6) is 0 Å². The third kappa shape index (κ3) is 3.88. The normalized spacial score (nSPS) is 22.7. The second kappa shape index (κ2) is 7.16. The number of aromatic nitrogens is 5. The number of nitrogens with zero attached hydrogens (tertiary/aromatic N) is 7. The van der Waals surface area contributed by atoms with Crippen molar-refractivity contribution in [1.29, 1.82) is 0 Å². The molecule has 10 heteroatoms. The van der Waals surface area contributed by atoms with Crippen molar-refractivity contribution in [3.63, 3.8) is 0 Å². The van der Waals surface area contributed by atoms with Gasteiger partial charge in [-0.25, -0.2) is 18.4 Å². The molecule has 4 heterocycles. The van der Waals surface area contributed by atoms with E-state index in [0.717, 1.165) is 19.4 Å². The van der Waals surface area contributed by atoms with E-state index in [4.69, 9.17) is 0 Å². The Labute approximate surface area is 155 Å². The quantitative estimate of drug-likeness (QED) is 0.807. The largest absolute Gasteiger partial charge is 0.354 e. The maximum atomic E-state index is 13.3. The number of likely N-dealkylation sites (tertiary alicyclic amines) is 1. The Morgan fingerprint density at radius 3 is 2.52 bits per heavy atom. The van der Waals surface area contributed by atoms with Gasteiger partial charge in [0.05, 0.1) is 5.92 Å². The molecule has 0 N–H and O–H groups in total. The highest BCUT2D eigenvalue weighted by atomic mass is 19.3. The summed E-state index contributed by atoms with van der Waals surface area (Å²) < 4.78 is 28.2. The summed E-state index contributed by atoms with van der Waals surface area (Å²) in [6, 6.07) is 3.65. The first-order chi connectivity index (χ1) is 13.0. The van der Waals surface area contributed by atoms with Crippen molar-refractivity contribution in [2.45, 2.75) is 31.6 Å². The number of rotatable bonds is 3. The molecule has 4 rings (SSSR count). The minimum Gasteiger partial charge on any atom is -0.354 e. The van der Waals surface area contributed by atoms with Gasteiger partial charge in [-0.05, 0) is 25.0 Å². The lowest BCUT2D eigenvalue weighted by molar-refractivity contribution is -0.141. The molecule has 1 unspecified atom stereocenters. The van der Waals surface area contributed by atoms with Crippen LogP contribution in [0, 0.1) is 5.92 Å².